The molecule has 0 saturated heterocycles. The number of amides is 2. The van der Waals surface area contributed by atoms with E-state index in [0.29, 0.717) is 11.5 Å². The van der Waals surface area contributed by atoms with Gasteiger partial charge in [0.15, 0.2) is 5.82 Å². The summed E-state index contributed by atoms with van der Waals surface area (Å²) in [6.45, 7) is 1.83. The molecule has 29 heavy (non-hydrogen) atoms. The van der Waals surface area contributed by atoms with E-state index in [4.69, 9.17) is 5.73 Å². The smallest absolute Gasteiger partial charge is 0.323 e. The van der Waals surface area contributed by atoms with Crippen LogP contribution in [0.2, 0.25) is 0 Å². The van der Waals surface area contributed by atoms with Gasteiger partial charge in [-0.25, -0.2) is 9.18 Å². The van der Waals surface area contributed by atoms with Gasteiger partial charge in [-0.3, -0.25) is 5.10 Å². The Morgan fingerprint density at radius 1 is 1.07 bits per heavy atom. The molecule has 0 radical (unpaired) electrons. The minimum absolute atomic E-state index is 0. The molecule has 1 aromatic heterocycles. The SMILES string of the molecule is Cc1ccc(F)c(NC(=O)Nc2ccc(-c3cccc4[nH]nc(N)c34)cc2)c1.Cl. The van der Waals surface area contributed by atoms with Crippen LogP contribution in [0.3, 0.4) is 0 Å². The summed E-state index contributed by atoms with van der Waals surface area (Å²) in [7, 11) is 0. The summed E-state index contributed by atoms with van der Waals surface area (Å²) in [6, 6.07) is 17.1. The van der Waals surface area contributed by atoms with Crippen molar-refractivity contribution in [2.45, 2.75) is 6.92 Å². The highest BCUT2D eigenvalue weighted by atomic mass is 35.5. The molecule has 0 saturated carbocycles. The Balaban J connectivity index is 0.00000240. The number of hydrogen-bond acceptors (Lipinski definition) is 3. The van der Waals surface area contributed by atoms with Crippen LogP contribution in [0.5, 0.6) is 0 Å². The Hall–Kier alpha value is -3.58. The number of benzene rings is 3. The van der Waals surface area contributed by atoms with Crippen molar-refractivity contribution >= 4 is 46.5 Å². The normalized spacial score (nSPS) is 10.4. The molecule has 0 aliphatic carbocycles. The van der Waals surface area contributed by atoms with Gasteiger partial charge in [0, 0.05) is 5.69 Å². The average molecular weight is 412 g/mol. The van der Waals surface area contributed by atoms with Gasteiger partial charge in [-0.15, -0.1) is 12.4 Å². The van der Waals surface area contributed by atoms with Crippen molar-refractivity contribution in [3.05, 3.63) is 72.0 Å². The van der Waals surface area contributed by atoms with Gasteiger partial charge in [0.1, 0.15) is 5.82 Å². The van der Waals surface area contributed by atoms with E-state index in [1.165, 1.54) is 6.07 Å². The fourth-order valence-corrected chi connectivity index (χ4v) is 3.09. The first-order chi connectivity index (χ1) is 13.5. The van der Waals surface area contributed by atoms with Gasteiger partial charge < -0.3 is 16.4 Å². The highest BCUT2D eigenvalue weighted by molar-refractivity contribution is 6.02. The first-order valence-electron chi connectivity index (χ1n) is 8.68. The number of nitrogen functional groups attached to an aromatic ring is 1. The number of rotatable bonds is 3. The fraction of sp³-hybridized carbons (Fsp3) is 0.0476. The molecule has 0 bridgehead atoms. The minimum atomic E-state index is -0.515. The molecule has 4 aromatic rings. The summed E-state index contributed by atoms with van der Waals surface area (Å²) in [4.78, 5) is 12.2. The van der Waals surface area contributed by atoms with Crippen LogP contribution < -0.4 is 16.4 Å². The van der Waals surface area contributed by atoms with Crippen LogP contribution in [-0.4, -0.2) is 16.2 Å². The van der Waals surface area contributed by atoms with E-state index >= 15 is 0 Å². The summed E-state index contributed by atoms with van der Waals surface area (Å²) < 4.78 is 13.8. The topological polar surface area (TPSA) is 95.8 Å². The van der Waals surface area contributed by atoms with Crippen molar-refractivity contribution < 1.29 is 9.18 Å². The number of halogens is 2. The maximum Gasteiger partial charge on any atom is 0.323 e. The molecular formula is C21H19ClFN5O. The maximum absolute atomic E-state index is 13.8. The van der Waals surface area contributed by atoms with Crippen molar-refractivity contribution in [2.24, 2.45) is 0 Å². The summed E-state index contributed by atoms with van der Waals surface area (Å²) in [5, 5.41) is 13.0. The zero-order valence-corrected chi connectivity index (χ0v) is 16.3. The number of aromatic nitrogens is 2. The first kappa shape index (κ1) is 20.2. The Bertz CT molecular complexity index is 1170. The summed E-state index contributed by atoms with van der Waals surface area (Å²) in [5.41, 5.74) is 10.3. The van der Waals surface area contributed by atoms with Crippen molar-refractivity contribution in [1.82, 2.24) is 10.2 Å². The number of aromatic amines is 1. The van der Waals surface area contributed by atoms with E-state index in [9.17, 15) is 9.18 Å². The fourth-order valence-electron chi connectivity index (χ4n) is 3.09. The first-order valence-corrected chi connectivity index (χ1v) is 8.68. The molecule has 0 spiro atoms. The highest BCUT2D eigenvalue weighted by Crippen LogP contribution is 2.31. The quantitative estimate of drug-likeness (QED) is 0.367. The van der Waals surface area contributed by atoms with Crippen molar-refractivity contribution in [2.75, 3.05) is 16.4 Å². The van der Waals surface area contributed by atoms with Gasteiger partial charge in [0.2, 0.25) is 0 Å². The van der Waals surface area contributed by atoms with Crippen LogP contribution in [0.15, 0.2) is 60.7 Å². The third-order valence-corrected chi connectivity index (χ3v) is 4.44. The number of urea groups is 1. The summed E-state index contributed by atoms with van der Waals surface area (Å²) in [5.74, 6) is -0.0470. The highest BCUT2D eigenvalue weighted by Gasteiger charge is 2.11. The van der Waals surface area contributed by atoms with Gasteiger partial charge in [0.05, 0.1) is 16.6 Å². The largest absolute Gasteiger partial charge is 0.382 e. The number of nitrogens with one attached hydrogen (secondary N) is 3. The average Bonchev–Trinajstić information content (AvgIpc) is 3.07. The van der Waals surface area contributed by atoms with Gasteiger partial charge in [-0.05, 0) is 53.9 Å². The van der Waals surface area contributed by atoms with Crippen LogP contribution in [0, 0.1) is 12.7 Å². The Morgan fingerprint density at radius 2 is 1.83 bits per heavy atom. The number of anilines is 3. The lowest BCUT2D eigenvalue weighted by Gasteiger charge is -2.10. The van der Waals surface area contributed by atoms with E-state index in [1.54, 1.807) is 24.3 Å². The van der Waals surface area contributed by atoms with E-state index in [-0.39, 0.29) is 18.1 Å². The molecular weight excluding hydrogens is 393 g/mol. The molecule has 0 aliphatic heterocycles. The molecule has 1 heterocycles. The summed E-state index contributed by atoms with van der Waals surface area (Å²) >= 11 is 0. The van der Waals surface area contributed by atoms with Crippen LogP contribution >= 0.6 is 12.4 Å². The van der Waals surface area contributed by atoms with Gasteiger partial charge in [-0.2, -0.15) is 5.10 Å². The number of nitrogens with zero attached hydrogens (tertiary/aromatic N) is 1. The molecule has 2 amide bonds. The predicted octanol–water partition coefficient (Wildman–Crippen LogP) is 5.33. The molecule has 8 heteroatoms. The summed E-state index contributed by atoms with van der Waals surface area (Å²) in [6.07, 6.45) is 0. The van der Waals surface area contributed by atoms with Crippen LogP contribution in [-0.2, 0) is 0 Å². The van der Waals surface area contributed by atoms with Crippen LogP contribution in [0.25, 0.3) is 22.0 Å². The second-order valence-electron chi connectivity index (χ2n) is 6.48. The number of carbonyl (C=O) groups is 1. The maximum atomic E-state index is 13.8. The Kier molecular flexibility index (Phi) is 5.70. The zero-order chi connectivity index (χ0) is 19.7. The second kappa shape index (κ2) is 8.20. The lowest BCUT2D eigenvalue weighted by molar-refractivity contribution is 0.262. The Morgan fingerprint density at radius 3 is 2.59 bits per heavy atom. The number of hydrogen-bond donors (Lipinski definition) is 4. The van der Waals surface area contributed by atoms with Gasteiger partial charge in [0.25, 0.3) is 0 Å². The molecule has 4 rings (SSSR count). The standard InChI is InChI=1S/C21H18FN5O.ClH/c1-12-5-10-16(22)18(11-12)25-21(28)24-14-8-6-13(7-9-14)15-3-2-4-17-19(15)20(23)27-26-17;/h2-11H,1H3,(H3,23,26,27)(H2,24,25,28);1H. The van der Waals surface area contributed by atoms with Crippen molar-refractivity contribution in [1.29, 1.82) is 0 Å². The van der Waals surface area contributed by atoms with Gasteiger partial charge >= 0.3 is 6.03 Å². The Labute approximate surface area is 172 Å². The second-order valence-corrected chi connectivity index (χ2v) is 6.48. The minimum Gasteiger partial charge on any atom is -0.382 e. The van der Waals surface area contributed by atoms with Gasteiger partial charge in [-0.1, -0.05) is 30.3 Å². The number of aryl methyl sites for hydroxylation is 1. The van der Waals surface area contributed by atoms with Crippen LogP contribution in [0.4, 0.5) is 26.4 Å². The predicted molar refractivity (Wildman–Crippen MR) is 117 cm³/mol. The van der Waals surface area contributed by atoms with E-state index < -0.39 is 11.8 Å². The molecule has 6 nitrogen and oxygen atoms in total. The van der Waals surface area contributed by atoms with Crippen LogP contribution in [0.1, 0.15) is 5.56 Å². The third kappa shape index (κ3) is 4.14. The lowest BCUT2D eigenvalue weighted by Crippen LogP contribution is -2.20. The lowest BCUT2D eigenvalue weighted by atomic mass is 10.0. The van der Waals surface area contributed by atoms with Crippen molar-refractivity contribution in [3.8, 4) is 11.1 Å². The molecule has 148 valence electrons. The monoisotopic (exact) mass is 411 g/mol. The van der Waals surface area contributed by atoms with Crippen molar-refractivity contribution in [3.63, 3.8) is 0 Å². The molecule has 0 fully saturated rings. The third-order valence-electron chi connectivity index (χ3n) is 4.44. The number of nitrogens with two attached hydrogens (primary N) is 1. The molecule has 5 N–H and O–H groups in total. The van der Waals surface area contributed by atoms with E-state index in [2.05, 4.69) is 20.8 Å². The number of carbonyl (C=O) groups excluding carboxylic acids is 1. The zero-order valence-electron chi connectivity index (χ0n) is 15.5. The molecule has 0 unspecified atom stereocenters. The van der Waals surface area contributed by atoms with E-state index in [1.807, 2.05) is 37.3 Å². The molecule has 0 atom stereocenters. The number of H-pyrrole nitrogens is 1. The number of fused-ring (bicyclic) bond motifs is 1. The molecule has 3 aromatic carbocycles. The molecule has 0 aliphatic rings. The van der Waals surface area contributed by atoms with E-state index in [0.717, 1.165) is 27.6 Å².